The van der Waals surface area contributed by atoms with Gasteiger partial charge in [0.1, 0.15) is 6.04 Å². The molecule has 4 rings (SSSR count). The molecule has 37 heavy (non-hydrogen) atoms. The largest absolute Gasteiger partial charge is 0.465 e. The van der Waals surface area contributed by atoms with Gasteiger partial charge in [-0.2, -0.15) is 0 Å². The van der Waals surface area contributed by atoms with Crippen LogP contribution in [0.3, 0.4) is 0 Å². The second kappa shape index (κ2) is 11.7. The molecule has 3 N–H and O–H groups in total. The summed E-state index contributed by atoms with van der Waals surface area (Å²) in [7, 11) is 0. The van der Waals surface area contributed by atoms with Gasteiger partial charge in [-0.25, -0.2) is 4.79 Å². The van der Waals surface area contributed by atoms with Crippen LogP contribution in [0.4, 0.5) is 10.5 Å². The number of nitrogens with one attached hydrogen (secondary N) is 2. The highest BCUT2D eigenvalue weighted by atomic mass is 16.4. The number of hydrogen-bond donors (Lipinski definition) is 3. The number of rotatable bonds is 11. The van der Waals surface area contributed by atoms with Crippen molar-refractivity contribution in [2.24, 2.45) is 0 Å². The Morgan fingerprint density at radius 1 is 0.892 bits per heavy atom. The van der Waals surface area contributed by atoms with Crippen molar-refractivity contribution < 1.29 is 29.1 Å². The number of nitrogens with zero attached hydrogens (tertiary/aromatic N) is 2. The summed E-state index contributed by atoms with van der Waals surface area (Å²) in [5, 5.41) is 14.1. The summed E-state index contributed by atoms with van der Waals surface area (Å²) < 4.78 is 0. The molecule has 2 aliphatic rings. The molecule has 5 amide bonds. The predicted molar refractivity (Wildman–Crippen MR) is 135 cm³/mol. The lowest BCUT2D eigenvalue weighted by molar-refractivity contribution is -0.152. The van der Waals surface area contributed by atoms with E-state index in [9.17, 15) is 24.0 Å². The van der Waals surface area contributed by atoms with E-state index >= 15 is 0 Å². The van der Waals surface area contributed by atoms with E-state index in [4.69, 9.17) is 5.11 Å². The number of carboxylic acid groups (broad SMARTS) is 1. The minimum absolute atomic E-state index is 0.0792. The number of piperidine rings is 1. The molecule has 1 unspecified atom stereocenters. The number of anilines is 1. The number of likely N-dealkylation sites (tertiary alicyclic amines) is 1. The summed E-state index contributed by atoms with van der Waals surface area (Å²) in [5.41, 5.74) is 1.99. The van der Waals surface area contributed by atoms with E-state index in [1.807, 2.05) is 30.3 Å². The number of carbonyl (C=O) groups is 5. The zero-order chi connectivity index (χ0) is 26.4. The lowest BCUT2D eigenvalue weighted by Crippen LogP contribution is -2.55. The second-order valence-corrected chi connectivity index (χ2v) is 9.17. The Labute approximate surface area is 214 Å². The number of benzene rings is 2. The zero-order valence-corrected chi connectivity index (χ0v) is 20.4. The summed E-state index contributed by atoms with van der Waals surface area (Å²) in [4.78, 5) is 64.7. The predicted octanol–water partition coefficient (Wildman–Crippen LogP) is 3.24. The van der Waals surface area contributed by atoms with Gasteiger partial charge in [0.15, 0.2) is 0 Å². The number of amides is 5. The van der Waals surface area contributed by atoms with E-state index in [-0.39, 0.29) is 36.4 Å². The lowest BCUT2D eigenvalue weighted by atomic mass is 10.0. The molecule has 2 aromatic carbocycles. The maximum absolute atomic E-state index is 13.3. The average molecular weight is 507 g/mol. The molecule has 2 aromatic rings. The topological polar surface area (TPSA) is 136 Å². The van der Waals surface area contributed by atoms with Gasteiger partial charge in [-0.05, 0) is 43.0 Å². The summed E-state index contributed by atoms with van der Waals surface area (Å²) in [6.45, 7) is 1.19. The Balaban J connectivity index is 1.36. The fourth-order valence-corrected chi connectivity index (χ4v) is 4.68. The van der Waals surface area contributed by atoms with Crippen molar-refractivity contribution in [2.75, 3.05) is 18.4 Å². The summed E-state index contributed by atoms with van der Waals surface area (Å²) in [6.07, 6.45) is 2.63. The highest BCUT2D eigenvalue weighted by Gasteiger charge is 2.47. The number of carbonyl (C=O) groups excluding carboxylic acids is 4. The van der Waals surface area contributed by atoms with Crippen LogP contribution < -0.4 is 10.6 Å². The third-order valence-electron chi connectivity index (χ3n) is 6.61. The molecule has 10 nitrogen and oxygen atoms in total. The first-order valence-corrected chi connectivity index (χ1v) is 12.5. The van der Waals surface area contributed by atoms with Crippen molar-refractivity contribution in [3.8, 4) is 0 Å². The Morgan fingerprint density at radius 3 is 2.32 bits per heavy atom. The standard InChI is InChI=1S/C27H30N4O6/c32-23-13-12-22(26(35)30(23)17-18-8-4-3-5-9-18)31-24(33)20-11-10-19(16-21(20)25(31)34)28-14-6-1-2-7-15-29-27(36)37/h3-5,8-11,16,22,28-29H,1-2,6-7,12-15,17H2,(H,36,37). The molecule has 0 saturated carbocycles. The Kier molecular flexibility index (Phi) is 8.17. The molecule has 1 saturated heterocycles. The molecule has 0 aliphatic carbocycles. The SMILES string of the molecule is O=C(O)NCCCCCCNc1ccc2c(c1)C(=O)N(C1CCC(=O)N(Cc3ccccc3)C1=O)C2=O. The Hall–Kier alpha value is -4.21. The summed E-state index contributed by atoms with van der Waals surface area (Å²) >= 11 is 0. The van der Waals surface area contributed by atoms with E-state index in [0.29, 0.717) is 18.8 Å². The van der Waals surface area contributed by atoms with Crippen molar-refractivity contribution in [1.82, 2.24) is 15.1 Å². The molecule has 2 heterocycles. The molecular weight excluding hydrogens is 476 g/mol. The fraction of sp³-hybridized carbons (Fsp3) is 0.370. The van der Waals surface area contributed by atoms with Gasteiger partial charge in [-0.15, -0.1) is 0 Å². The monoisotopic (exact) mass is 506 g/mol. The number of hydrogen-bond acceptors (Lipinski definition) is 6. The first-order valence-electron chi connectivity index (χ1n) is 12.5. The summed E-state index contributed by atoms with van der Waals surface area (Å²) in [5.74, 6) is -1.89. The maximum atomic E-state index is 13.3. The van der Waals surface area contributed by atoms with Gasteiger partial charge in [0.2, 0.25) is 5.91 Å². The van der Waals surface area contributed by atoms with Gasteiger partial charge in [-0.1, -0.05) is 43.2 Å². The highest BCUT2D eigenvalue weighted by Crippen LogP contribution is 2.31. The molecule has 0 aromatic heterocycles. The van der Waals surface area contributed by atoms with Crippen LogP contribution in [0.5, 0.6) is 0 Å². The fourth-order valence-electron chi connectivity index (χ4n) is 4.68. The number of imide groups is 2. The van der Waals surface area contributed by atoms with Crippen LogP contribution in [0.1, 0.15) is 64.8 Å². The first kappa shape index (κ1) is 25.9. The van der Waals surface area contributed by atoms with E-state index in [1.54, 1.807) is 18.2 Å². The first-order chi connectivity index (χ1) is 17.9. The van der Waals surface area contributed by atoms with Crippen LogP contribution in [-0.2, 0) is 16.1 Å². The van der Waals surface area contributed by atoms with Crippen molar-refractivity contribution in [1.29, 1.82) is 0 Å². The van der Waals surface area contributed by atoms with Crippen molar-refractivity contribution in [2.45, 2.75) is 51.1 Å². The van der Waals surface area contributed by atoms with Crippen LogP contribution in [0, 0.1) is 0 Å². The van der Waals surface area contributed by atoms with Gasteiger partial charge in [-0.3, -0.25) is 29.0 Å². The molecule has 10 heteroatoms. The molecule has 194 valence electrons. The van der Waals surface area contributed by atoms with Gasteiger partial charge in [0, 0.05) is 25.2 Å². The van der Waals surface area contributed by atoms with E-state index in [2.05, 4.69) is 10.6 Å². The van der Waals surface area contributed by atoms with Crippen molar-refractivity contribution in [3.05, 3.63) is 65.2 Å². The molecule has 2 aliphatic heterocycles. The Bertz CT molecular complexity index is 1200. The molecule has 0 radical (unpaired) electrons. The van der Waals surface area contributed by atoms with E-state index in [0.717, 1.165) is 41.0 Å². The zero-order valence-electron chi connectivity index (χ0n) is 20.4. The smallest absolute Gasteiger partial charge is 0.404 e. The van der Waals surface area contributed by atoms with Gasteiger partial charge in [0.05, 0.1) is 17.7 Å². The van der Waals surface area contributed by atoms with Crippen molar-refractivity contribution >= 4 is 35.4 Å². The molecule has 1 atom stereocenters. The van der Waals surface area contributed by atoms with Crippen LogP contribution in [0.2, 0.25) is 0 Å². The lowest BCUT2D eigenvalue weighted by Gasteiger charge is -2.34. The normalized spacial score (nSPS) is 17.2. The van der Waals surface area contributed by atoms with Crippen LogP contribution >= 0.6 is 0 Å². The van der Waals surface area contributed by atoms with E-state index in [1.165, 1.54) is 0 Å². The average Bonchev–Trinajstić information content (AvgIpc) is 3.13. The third kappa shape index (κ3) is 5.96. The highest BCUT2D eigenvalue weighted by molar-refractivity contribution is 6.23. The number of unbranched alkanes of at least 4 members (excludes halogenated alkanes) is 3. The van der Waals surface area contributed by atoms with Crippen LogP contribution in [-0.4, -0.2) is 63.8 Å². The van der Waals surface area contributed by atoms with Gasteiger partial charge >= 0.3 is 6.09 Å². The molecular formula is C27H30N4O6. The van der Waals surface area contributed by atoms with E-state index < -0.39 is 29.9 Å². The molecule has 0 spiro atoms. The summed E-state index contributed by atoms with van der Waals surface area (Å²) in [6, 6.07) is 13.1. The van der Waals surface area contributed by atoms with Crippen LogP contribution in [0.15, 0.2) is 48.5 Å². The minimum atomic E-state index is -1.02. The number of fused-ring (bicyclic) bond motifs is 1. The third-order valence-corrected chi connectivity index (χ3v) is 6.61. The molecule has 0 bridgehead atoms. The minimum Gasteiger partial charge on any atom is -0.465 e. The van der Waals surface area contributed by atoms with Gasteiger partial charge < -0.3 is 15.7 Å². The quantitative estimate of drug-likeness (QED) is 0.314. The van der Waals surface area contributed by atoms with Crippen LogP contribution in [0.25, 0.3) is 0 Å². The van der Waals surface area contributed by atoms with Crippen molar-refractivity contribution in [3.63, 3.8) is 0 Å². The maximum Gasteiger partial charge on any atom is 0.404 e. The van der Waals surface area contributed by atoms with Gasteiger partial charge in [0.25, 0.3) is 17.7 Å². The second-order valence-electron chi connectivity index (χ2n) is 9.17. The molecule has 1 fully saturated rings. The Morgan fingerprint density at radius 2 is 1.59 bits per heavy atom.